The first-order valence-electron chi connectivity index (χ1n) is 7.37. The third-order valence-electron chi connectivity index (χ3n) is 4.49. The highest BCUT2D eigenvalue weighted by Gasteiger charge is 2.59. The summed E-state index contributed by atoms with van der Waals surface area (Å²) in [5, 5.41) is 10.2. The lowest BCUT2D eigenvalue weighted by Crippen LogP contribution is -2.51. The Bertz CT molecular complexity index is 850. The Hall–Kier alpha value is -2.58. The summed E-state index contributed by atoms with van der Waals surface area (Å²) in [4.78, 5) is 36.6. The Kier molecular flexibility index (Phi) is 3.97. The monoisotopic (exact) mass is 366 g/mol. The molecule has 3 rings (SSSR count). The normalized spacial score (nSPS) is 24.6. The number of hydrogen-bond acceptors (Lipinski definition) is 7. The summed E-state index contributed by atoms with van der Waals surface area (Å²) in [5.74, 6) is 2.36. The minimum absolute atomic E-state index is 0.00206. The number of amides is 1. The van der Waals surface area contributed by atoms with E-state index in [4.69, 9.17) is 26.9 Å². The molecule has 1 aromatic carbocycles. The van der Waals surface area contributed by atoms with Crippen LogP contribution in [0.4, 0.5) is 0 Å². The first kappa shape index (κ1) is 17.2. The molecule has 0 aromatic heterocycles. The van der Waals surface area contributed by atoms with Crippen molar-refractivity contribution in [2.24, 2.45) is 11.8 Å². The molecule has 0 bridgehead atoms. The van der Waals surface area contributed by atoms with E-state index >= 15 is 0 Å². The summed E-state index contributed by atoms with van der Waals surface area (Å²) in [6, 6.07) is 1.27. The van der Waals surface area contributed by atoms with E-state index in [1.165, 1.54) is 13.2 Å². The van der Waals surface area contributed by atoms with Crippen LogP contribution < -0.4 is 20.7 Å². The number of rotatable bonds is 2. The molecule has 1 aromatic rings. The van der Waals surface area contributed by atoms with Gasteiger partial charge in [-0.2, -0.15) is 0 Å². The third-order valence-corrected chi connectivity index (χ3v) is 4.86. The van der Waals surface area contributed by atoms with Crippen LogP contribution in [-0.4, -0.2) is 35.3 Å². The van der Waals surface area contributed by atoms with Crippen LogP contribution >= 0.6 is 11.6 Å². The van der Waals surface area contributed by atoms with Crippen LogP contribution in [0.15, 0.2) is 17.9 Å². The van der Waals surface area contributed by atoms with E-state index in [-0.39, 0.29) is 39.9 Å². The van der Waals surface area contributed by atoms with E-state index in [9.17, 15) is 19.5 Å². The molecule has 132 valence electrons. The van der Waals surface area contributed by atoms with Crippen molar-refractivity contribution in [2.75, 3.05) is 7.11 Å². The van der Waals surface area contributed by atoms with E-state index in [1.807, 2.05) is 5.43 Å². The smallest absolute Gasteiger partial charge is 0.266 e. The lowest BCUT2D eigenvalue weighted by atomic mass is 9.75. The highest BCUT2D eigenvalue weighted by atomic mass is 35.5. The molecule has 1 spiro atoms. The number of Topliss-reactive ketones (excluding diaryl/α,β-unsaturated/α-hetero) is 1. The first-order valence-corrected chi connectivity index (χ1v) is 7.74. The number of aliphatic hydroxyl groups excluding tert-OH is 1. The molecule has 2 atom stereocenters. The van der Waals surface area contributed by atoms with E-state index in [2.05, 4.69) is 0 Å². The summed E-state index contributed by atoms with van der Waals surface area (Å²) in [6.45, 7) is 1.61. The molecule has 1 amide bonds. The van der Waals surface area contributed by atoms with Crippen LogP contribution in [0.25, 0.3) is 0 Å². The van der Waals surface area contributed by atoms with Crippen molar-refractivity contribution >= 4 is 29.1 Å². The molecule has 25 heavy (non-hydrogen) atoms. The second-order valence-corrected chi connectivity index (χ2v) is 6.26. The zero-order valence-electron chi connectivity index (χ0n) is 13.4. The van der Waals surface area contributed by atoms with Crippen molar-refractivity contribution in [3.63, 3.8) is 0 Å². The summed E-state index contributed by atoms with van der Waals surface area (Å²) in [6.07, 6.45) is 0.984. The Labute approximate surface area is 147 Å². The Balaban J connectivity index is 2.26. The second-order valence-electron chi connectivity index (χ2n) is 5.89. The maximum atomic E-state index is 13.1. The topological polar surface area (TPSA) is 128 Å². The molecular formula is C16H15ClN2O6. The molecule has 1 heterocycles. The van der Waals surface area contributed by atoms with Gasteiger partial charge in [-0.3, -0.25) is 19.8 Å². The maximum absolute atomic E-state index is 13.1. The molecule has 0 saturated heterocycles. The lowest BCUT2D eigenvalue weighted by Gasteiger charge is -2.34. The van der Waals surface area contributed by atoms with Gasteiger partial charge in [0.15, 0.2) is 11.5 Å². The second kappa shape index (κ2) is 5.75. The molecule has 2 aliphatic rings. The molecule has 1 aliphatic heterocycles. The summed E-state index contributed by atoms with van der Waals surface area (Å²) >= 11 is 6.23. The van der Waals surface area contributed by atoms with Gasteiger partial charge < -0.3 is 14.6 Å². The number of nitrogens with two attached hydrogens (primary N) is 1. The predicted octanol–water partition coefficient (Wildman–Crippen LogP) is 1.32. The number of benzene rings is 1. The average molecular weight is 367 g/mol. The Morgan fingerprint density at radius 3 is 2.76 bits per heavy atom. The van der Waals surface area contributed by atoms with Crippen LogP contribution in [0.2, 0.25) is 5.02 Å². The Morgan fingerprint density at radius 1 is 1.52 bits per heavy atom. The quantitative estimate of drug-likeness (QED) is 0.409. The van der Waals surface area contributed by atoms with Crippen LogP contribution in [-0.2, 0) is 4.79 Å². The molecule has 8 nitrogen and oxygen atoms in total. The van der Waals surface area contributed by atoms with E-state index in [1.54, 1.807) is 6.92 Å². The predicted molar refractivity (Wildman–Crippen MR) is 86.8 cm³/mol. The molecule has 0 unspecified atom stereocenters. The number of ether oxygens (including phenoxy) is 2. The van der Waals surface area contributed by atoms with Gasteiger partial charge in [-0.1, -0.05) is 18.5 Å². The van der Waals surface area contributed by atoms with Crippen molar-refractivity contribution in [3.8, 4) is 11.5 Å². The van der Waals surface area contributed by atoms with Gasteiger partial charge in [0.05, 0.1) is 17.7 Å². The standard InChI is InChI=1S/C16H15ClN2O6/c1-6-3-7(20)4-10(21)16(6)14(22)11-9(24-2)5-8(15(23)19-18)12(17)13(11)25-16/h4-6,21H,3,18H2,1-2H3,(H,19,23)/t6-,16+/m1/s1. The largest absolute Gasteiger partial charge is 0.507 e. The van der Waals surface area contributed by atoms with Gasteiger partial charge in [-0.05, 0) is 6.07 Å². The fraction of sp³-hybridized carbons (Fsp3) is 0.312. The van der Waals surface area contributed by atoms with Gasteiger partial charge in [0.2, 0.25) is 11.4 Å². The fourth-order valence-corrected chi connectivity index (χ4v) is 3.50. The summed E-state index contributed by atoms with van der Waals surface area (Å²) in [7, 11) is 1.31. The number of nitrogens with one attached hydrogen (secondary N) is 1. The van der Waals surface area contributed by atoms with Gasteiger partial charge in [0.1, 0.15) is 17.1 Å². The van der Waals surface area contributed by atoms with Crippen molar-refractivity contribution in [1.29, 1.82) is 0 Å². The van der Waals surface area contributed by atoms with Gasteiger partial charge in [0, 0.05) is 18.4 Å². The van der Waals surface area contributed by atoms with Crippen molar-refractivity contribution < 1.29 is 29.0 Å². The number of hydrazine groups is 1. The number of fused-ring (bicyclic) bond motifs is 1. The van der Waals surface area contributed by atoms with E-state index in [0.29, 0.717) is 0 Å². The van der Waals surface area contributed by atoms with Crippen LogP contribution in [0, 0.1) is 5.92 Å². The highest BCUT2D eigenvalue weighted by molar-refractivity contribution is 6.37. The lowest BCUT2D eigenvalue weighted by molar-refractivity contribution is -0.118. The van der Waals surface area contributed by atoms with Gasteiger partial charge in [-0.15, -0.1) is 0 Å². The zero-order valence-corrected chi connectivity index (χ0v) is 14.1. The number of hydrogen-bond donors (Lipinski definition) is 3. The molecule has 0 radical (unpaired) electrons. The van der Waals surface area contributed by atoms with Crippen molar-refractivity contribution in [2.45, 2.75) is 18.9 Å². The summed E-state index contributed by atoms with van der Waals surface area (Å²) in [5.41, 5.74) is 0.126. The number of aliphatic hydroxyl groups is 1. The van der Waals surface area contributed by atoms with Gasteiger partial charge in [-0.25, -0.2) is 5.84 Å². The number of methoxy groups -OCH3 is 1. The number of halogens is 1. The van der Waals surface area contributed by atoms with Crippen LogP contribution in [0.1, 0.15) is 34.1 Å². The van der Waals surface area contributed by atoms with E-state index < -0.39 is 29.0 Å². The van der Waals surface area contributed by atoms with Crippen molar-refractivity contribution in [1.82, 2.24) is 5.43 Å². The third kappa shape index (κ3) is 2.21. The zero-order chi connectivity index (χ0) is 18.5. The minimum Gasteiger partial charge on any atom is -0.507 e. The van der Waals surface area contributed by atoms with Crippen molar-refractivity contribution in [3.05, 3.63) is 34.1 Å². The molecule has 1 aliphatic carbocycles. The number of carbonyl (C=O) groups is 3. The number of allylic oxidation sites excluding steroid dienone is 1. The molecule has 0 saturated carbocycles. The number of ketones is 2. The SMILES string of the molecule is COc1cc(C(=O)NN)c(Cl)c2c1C(=O)[C@@]1(O2)C(O)=CC(=O)C[C@H]1C. The van der Waals surface area contributed by atoms with Crippen LogP contribution in [0.5, 0.6) is 11.5 Å². The molecule has 0 fully saturated rings. The fourth-order valence-electron chi connectivity index (χ4n) is 3.23. The van der Waals surface area contributed by atoms with Gasteiger partial charge in [0.25, 0.3) is 5.91 Å². The molecule has 9 heteroatoms. The summed E-state index contributed by atoms with van der Waals surface area (Å²) < 4.78 is 11.0. The van der Waals surface area contributed by atoms with E-state index in [0.717, 1.165) is 6.08 Å². The average Bonchev–Trinajstić information content (AvgIpc) is 2.88. The molecular weight excluding hydrogens is 352 g/mol. The maximum Gasteiger partial charge on any atom is 0.266 e. The van der Waals surface area contributed by atoms with Crippen LogP contribution in [0.3, 0.4) is 0 Å². The number of carbonyl (C=O) groups excluding carboxylic acids is 3. The highest BCUT2D eigenvalue weighted by Crippen LogP contribution is 2.52. The Morgan fingerprint density at radius 2 is 2.20 bits per heavy atom. The minimum atomic E-state index is -1.77. The first-order chi connectivity index (χ1) is 11.8. The van der Waals surface area contributed by atoms with Gasteiger partial charge >= 0.3 is 0 Å². The molecule has 4 N–H and O–H groups in total. The number of nitrogen functional groups attached to an aromatic ring is 1.